The van der Waals surface area contributed by atoms with Gasteiger partial charge < -0.3 is 0 Å². The fourth-order valence-corrected chi connectivity index (χ4v) is 2.77. The number of hydrogen-bond donors (Lipinski definition) is 0. The van der Waals surface area contributed by atoms with Crippen molar-refractivity contribution in [2.75, 3.05) is 0 Å². The highest BCUT2D eigenvalue weighted by molar-refractivity contribution is 5.81. The van der Waals surface area contributed by atoms with Crippen molar-refractivity contribution in [3.63, 3.8) is 0 Å². The minimum Gasteiger partial charge on any atom is -0.209 e. The summed E-state index contributed by atoms with van der Waals surface area (Å²) in [4.78, 5) is 2.17. The van der Waals surface area contributed by atoms with Gasteiger partial charge in [-0.1, -0.05) is 0 Å². The van der Waals surface area contributed by atoms with Crippen LogP contribution < -0.4 is 10.4 Å². The summed E-state index contributed by atoms with van der Waals surface area (Å²) in [7, 11) is 0. The maximum Gasteiger partial charge on any atom is 0.436 e. The standard InChI is InChI=1S/C20HF6N7/c21-16-15(17(22)19(23)33-18(16)20(24,25)26)12(6-31)10-1-8(2-27)14(9(3-28)4-29)13(7-32)11(10)5-30/h1H/b12-10-. The molecule has 7 nitrogen and oxygen atoms in total. The fraction of sp³-hybridized carbons (Fsp3) is 0.0500. The van der Waals surface area contributed by atoms with Gasteiger partial charge >= 0.3 is 6.18 Å². The average Bonchev–Trinajstić information content (AvgIpc) is 2.78. The smallest absolute Gasteiger partial charge is 0.209 e. The molecule has 0 amide bonds. The molecule has 33 heavy (non-hydrogen) atoms. The maximum absolute atomic E-state index is 14.6. The molecule has 0 bridgehead atoms. The van der Waals surface area contributed by atoms with Crippen LogP contribution in [0.1, 0.15) is 27.9 Å². The Morgan fingerprint density at radius 1 is 0.788 bits per heavy atom. The molecule has 0 spiro atoms. The molecule has 13 heteroatoms. The fourth-order valence-electron chi connectivity index (χ4n) is 2.77. The summed E-state index contributed by atoms with van der Waals surface area (Å²) in [5.41, 5.74) is -8.97. The van der Waals surface area contributed by atoms with E-state index < -0.39 is 73.3 Å². The van der Waals surface area contributed by atoms with E-state index in [2.05, 4.69) is 4.98 Å². The topological polar surface area (TPSA) is 156 Å². The van der Waals surface area contributed by atoms with Crippen molar-refractivity contribution in [2.45, 2.75) is 6.18 Å². The lowest BCUT2D eigenvalue weighted by Crippen LogP contribution is -2.26. The molecule has 1 heterocycles. The summed E-state index contributed by atoms with van der Waals surface area (Å²) >= 11 is 0. The van der Waals surface area contributed by atoms with Crippen LogP contribution in [-0.4, -0.2) is 4.98 Å². The molecule has 0 saturated heterocycles. The van der Waals surface area contributed by atoms with Gasteiger partial charge in [-0.25, -0.2) is 13.8 Å². The molecule has 0 atom stereocenters. The molecule has 0 N–H and O–H groups in total. The van der Waals surface area contributed by atoms with Crippen LogP contribution >= 0.6 is 0 Å². The second-order valence-electron chi connectivity index (χ2n) is 5.77. The molecule has 1 aromatic carbocycles. The quantitative estimate of drug-likeness (QED) is 0.473. The van der Waals surface area contributed by atoms with Crippen molar-refractivity contribution in [2.24, 2.45) is 0 Å². The van der Waals surface area contributed by atoms with Crippen LogP contribution in [0, 0.1) is 85.6 Å². The Hall–Kier alpha value is -5.37. The third kappa shape index (κ3) is 3.87. The van der Waals surface area contributed by atoms with Crippen molar-refractivity contribution in [1.82, 2.24) is 4.98 Å². The maximum atomic E-state index is 14.6. The lowest BCUT2D eigenvalue weighted by Gasteiger charge is -2.12. The van der Waals surface area contributed by atoms with Gasteiger partial charge in [0.15, 0.2) is 17.3 Å². The summed E-state index contributed by atoms with van der Waals surface area (Å²) in [5.74, 6) is -7.19. The van der Waals surface area contributed by atoms with E-state index in [0.717, 1.165) is 6.07 Å². The monoisotopic (exact) mass is 453 g/mol. The molecular weight excluding hydrogens is 452 g/mol. The molecule has 158 valence electrons. The van der Waals surface area contributed by atoms with Gasteiger partial charge in [-0.2, -0.15) is 49.1 Å². The predicted molar refractivity (Wildman–Crippen MR) is 91.7 cm³/mol. The molecular formula is C20HF6N7. The van der Waals surface area contributed by atoms with E-state index in [0.29, 0.717) is 6.07 Å². The first-order valence-electron chi connectivity index (χ1n) is 8.00. The van der Waals surface area contributed by atoms with Gasteiger partial charge in [0.1, 0.15) is 35.9 Å². The minimum absolute atomic E-state index is 0.562. The van der Waals surface area contributed by atoms with E-state index in [1.54, 1.807) is 0 Å². The van der Waals surface area contributed by atoms with Gasteiger partial charge in [0.2, 0.25) is 5.95 Å². The number of rotatable bonds is 1. The lowest BCUT2D eigenvalue weighted by atomic mass is 9.92. The van der Waals surface area contributed by atoms with Gasteiger partial charge in [0.25, 0.3) is 0 Å². The van der Waals surface area contributed by atoms with Crippen molar-refractivity contribution in [1.29, 1.82) is 31.6 Å². The molecule has 1 aromatic heterocycles. The first kappa shape index (κ1) is 23.9. The van der Waals surface area contributed by atoms with Crippen molar-refractivity contribution < 1.29 is 26.3 Å². The highest BCUT2D eigenvalue weighted by Gasteiger charge is 2.40. The second kappa shape index (κ2) is 8.78. The third-order valence-corrected chi connectivity index (χ3v) is 4.08. The minimum atomic E-state index is -5.60. The Balaban J connectivity index is 3.41. The van der Waals surface area contributed by atoms with Gasteiger partial charge in [-0.05, 0) is 6.07 Å². The molecule has 0 fully saturated rings. The van der Waals surface area contributed by atoms with Gasteiger partial charge in [0, 0.05) is 10.4 Å². The Kier molecular flexibility index (Phi) is 6.36. The molecule has 2 rings (SSSR count). The Bertz CT molecular complexity index is 1580. The van der Waals surface area contributed by atoms with Gasteiger partial charge in [-0.3, -0.25) is 0 Å². The molecule has 0 aliphatic carbocycles. The summed E-state index contributed by atoms with van der Waals surface area (Å²) in [5, 5.41) is 54.3. The zero-order valence-corrected chi connectivity index (χ0v) is 15.5. The first-order valence-corrected chi connectivity index (χ1v) is 8.00. The second-order valence-corrected chi connectivity index (χ2v) is 5.77. The van der Waals surface area contributed by atoms with Crippen LogP contribution in [0.15, 0.2) is 6.07 Å². The number of pyridine rings is 1. The van der Waals surface area contributed by atoms with E-state index in [1.807, 2.05) is 0 Å². The number of aromatic nitrogens is 1. The number of benzene rings is 1. The normalized spacial score (nSPS) is 11.0. The Morgan fingerprint density at radius 2 is 1.36 bits per heavy atom. The zero-order chi connectivity index (χ0) is 25.1. The van der Waals surface area contributed by atoms with E-state index in [1.165, 1.54) is 30.3 Å². The van der Waals surface area contributed by atoms with Crippen LogP contribution in [0.5, 0.6) is 0 Å². The van der Waals surface area contributed by atoms with Crippen LogP contribution in [0.25, 0.3) is 11.1 Å². The third-order valence-electron chi connectivity index (χ3n) is 4.08. The van der Waals surface area contributed by atoms with E-state index in [-0.39, 0.29) is 0 Å². The average molecular weight is 453 g/mol. The summed E-state index contributed by atoms with van der Waals surface area (Å²) < 4.78 is 81.8. The van der Waals surface area contributed by atoms with Crippen LogP contribution in [0.2, 0.25) is 0 Å². The Morgan fingerprint density at radius 3 is 1.79 bits per heavy atom. The molecule has 2 aromatic rings. The number of nitriles is 6. The summed E-state index contributed by atoms with van der Waals surface area (Å²) in [6.45, 7) is 0. The van der Waals surface area contributed by atoms with Crippen molar-refractivity contribution in [3.8, 4) is 36.4 Å². The van der Waals surface area contributed by atoms with Gasteiger partial charge in [-0.15, -0.1) is 0 Å². The molecule has 0 aliphatic rings. The first-order chi connectivity index (χ1) is 15.5. The van der Waals surface area contributed by atoms with E-state index in [4.69, 9.17) is 10.5 Å². The molecule has 0 radical (unpaired) electrons. The van der Waals surface area contributed by atoms with E-state index in [9.17, 15) is 47.4 Å². The number of hydrogen-bond acceptors (Lipinski definition) is 7. The number of alkyl halides is 3. The largest absolute Gasteiger partial charge is 0.436 e. The van der Waals surface area contributed by atoms with Crippen LogP contribution in [0.3, 0.4) is 0 Å². The Labute approximate surface area is 179 Å². The molecule has 0 unspecified atom stereocenters. The van der Waals surface area contributed by atoms with Crippen molar-refractivity contribution in [3.05, 3.63) is 62.0 Å². The van der Waals surface area contributed by atoms with E-state index >= 15 is 0 Å². The predicted octanol–water partition coefficient (Wildman–Crippen LogP) is 2.05. The zero-order valence-electron chi connectivity index (χ0n) is 15.5. The van der Waals surface area contributed by atoms with Gasteiger partial charge in [0.05, 0.1) is 33.9 Å². The van der Waals surface area contributed by atoms with Crippen LogP contribution in [-0.2, 0) is 6.18 Å². The highest BCUT2D eigenvalue weighted by Crippen LogP contribution is 2.34. The van der Waals surface area contributed by atoms with Crippen LogP contribution in [0.4, 0.5) is 26.3 Å². The SMILES string of the molecule is N#CC(C#N)=c1c(C#N)c/c(=C(\C#N)c2c(F)c(F)nc(C(F)(F)F)c2F)c(C#N)c1C#N. The van der Waals surface area contributed by atoms with Crippen molar-refractivity contribution >= 4 is 11.1 Å². The summed E-state index contributed by atoms with van der Waals surface area (Å²) in [6.07, 6.45) is -5.60. The number of nitrogens with zero attached hydrogens (tertiary/aromatic N) is 7. The lowest BCUT2D eigenvalue weighted by molar-refractivity contribution is -0.144. The summed E-state index contributed by atoms with van der Waals surface area (Å²) in [6, 6.07) is 8.72. The molecule has 0 aliphatic heterocycles. The number of halogens is 6. The highest BCUT2D eigenvalue weighted by atomic mass is 19.4. The molecule has 0 saturated carbocycles.